The molecule has 0 saturated carbocycles. The molecule has 7 nitrogen and oxygen atoms in total. The first-order valence-electron chi connectivity index (χ1n) is 8.43. The van der Waals surface area contributed by atoms with Crippen molar-refractivity contribution in [2.45, 2.75) is 32.6 Å². The van der Waals surface area contributed by atoms with Gasteiger partial charge in [0.2, 0.25) is 0 Å². The Kier molecular flexibility index (Phi) is 5.08. The number of aryl methyl sites for hydroxylation is 1. The van der Waals surface area contributed by atoms with Gasteiger partial charge in [-0.2, -0.15) is 0 Å². The zero-order valence-electron chi connectivity index (χ0n) is 14.2. The number of hydrogen-bond acceptors (Lipinski definition) is 6. The second-order valence-corrected chi connectivity index (χ2v) is 6.10. The molecule has 1 atom stereocenters. The molecule has 1 saturated heterocycles. The summed E-state index contributed by atoms with van der Waals surface area (Å²) in [6.45, 7) is 3.46. The van der Waals surface area contributed by atoms with Crippen LogP contribution in [-0.2, 0) is 12.8 Å². The number of amides is 1. The Morgan fingerprint density at radius 2 is 2.25 bits per heavy atom. The van der Waals surface area contributed by atoms with Crippen LogP contribution in [0.25, 0.3) is 0 Å². The van der Waals surface area contributed by atoms with Gasteiger partial charge in [-0.1, -0.05) is 12.1 Å². The fourth-order valence-corrected chi connectivity index (χ4v) is 3.16. The first kappa shape index (κ1) is 16.4. The van der Waals surface area contributed by atoms with Crippen LogP contribution in [0.2, 0.25) is 0 Å². The van der Waals surface area contributed by atoms with Gasteiger partial charge in [0.1, 0.15) is 11.6 Å². The molecule has 0 aliphatic carbocycles. The fraction of sp³-hybridized carbons (Fsp3) is 0.529. The summed E-state index contributed by atoms with van der Waals surface area (Å²) in [6, 6.07) is 1.74. The van der Waals surface area contributed by atoms with Crippen molar-refractivity contribution in [3.05, 3.63) is 35.6 Å². The summed E-state index contributed by atoms with van der Waals surface area (Å²) >= 11 is 0. The molecule has 1 N–H and O–H groups in total. The molecule has 7 heteroatoms. The average molecular weight is 329 g/mol. The van der Waals surface area contributed by atoms with Gasteiger partial charge >= 0.3 is 0 Å². The Labute approximate surface area is 141 Å². The Balaban J connectivity index is 1.66. The highest BCUT2D eigenvalue weighted by Gasteiger charge is 2.27. The Bertz CT molecular complexity index is 700. The average Bonchev–Trinajstić information content (AvgIpc) is 3.11. The van der Waals surface area contributed by atoms with Crippen molar-refractivity contribution in [2.75, 3.05) is 25.5 Å². The maximum Gasteiger partial charge on any atom is 0.276 e. The molecule has 1 amide bonds. The minimum Gasteiger partial charge on any atom is -0.372 e. The molecule has 0 aromatic carbocycles. The quantitative estimate of drug-likeness (QED) is 0.905. The van der Waals surface area contributed by atoms with Crippen LogP contribution in [-0.4, -0.2) is 46.1 Å². The highest BCUT2D eigenvalue weighted by atomic mass is 16.5. The molecule has 0 bridgehead atoms. The third kappa shape index (κ3) is 3.55. The highest BCUT2D eigenvalue weighted by Crippen LogP contribution is 2.23. The smallest absolute Gasteiger partial charge is 0.276 e. The van der Waals surface area contributed by atoms with Crippen LogP contribution >= 0.6 is 0 Å². The maximum absolute atomic E-state index is 12.6. The normalized spacial score (nSPS) is 17.8. The Morgan fingerprint density at radius 1 is 1.42 bits per heavy atom. The van der Waals surface area contributed by atoms with Crippen molar-refractivity contribution in [2.24, 2.45) is 5.92 Å². The zero-order chi connectivity index (χ0) is 16.9. The van der Waals surface area contributed by atoms with Crippen LogP contribution in [0, 0.1) is 5.92 Å². The molecule has 0 spiro atoms. The molecule has 2 aromatic heterocycles. The summed E-state index contributed by atoms with van der Waals surface area (Å²) in [5.74, 6) is 1.88. The predicted molar refractivity (Wildman–Crippen MR) is 89.8 cm³/mol. The van der Waals surface area contributed by atoms with Crippen LogP contribution in [0.3, 0.4) is 0 Å². The molecule has 0 radical (unpaired) electrons. The number of rotatable bonds is 5. The summed E-state index contributed by atoms with van der Waals surface area (Å²) in [7, 11) is 1.85. The Hall–Kier alpha value is -2.44. The molecule has 24 heavy (non-hydrogen) atoms. The minimum atomic E-state index is -0.0452. The lowest BCUT2D eigenvalue weighted by atomic mass is 9.93. The summed E-state index contributed by atoms with van der Waals surface area (Å²) < 4.78 is 5.15. The zero-order valence-corrected chi connectivity index (χ0v) is 14.2. The van der Waals surface area contributed by atoms with E-state index in [0.29, 0.717) is 18.2 Å². The summed E-state index contributed by atoms with van der Waals surface area (Å²) in [6.07, 6.45) is 7.02. The number of carbonyl (C=O) groups is 1. The van der Waals surface area contributed by atoms with Gasteiger partial charge in [-0.15, -0.1) is 0 Å². The molecular formula is C17H23N5O2. The Morgan fingerprint density at radius 3 is 3.00 bits per heavy atom. The number of aromatic nitrogens is 3. The van der Waals surface area contributed by atoms with Crippen molar-refractivity contribution < 1.29 is 9.32 Å². The van der Waals surface area contributed by atoms with Crippen molar-refractivity contribution in [1.29, 1.82) is 0 Å². The lowest BCUT2D eigenvalue weighted by Gasteiger charge is -2.32. The number of likely N-dealkylation sites (tertiary alicyclic amines) is 1. The van der Waals surface area contributed by atoms with Gasteiger partial charge in [-0.3, -0.25) is 9.78 Å². The number of carbonyl (C=O) groups excluding carboxylic acids is 1. The molecule has 3 rings (SSSR count). The number of nitrogens with zero attached hydrogens (tertiary/aromatic N) is 4. The van der Waals surface area contributed by atoms with Gasteiger partial charge in [-0.25, -0.2) is 4.98 Å². The summed E-state index contributed by atoms with van der Waals surface area (Å²) in [5, 5.41) is 6.98. The molecule has 1 aliphatic heterocycles. The van der Waals surface area contributed by atoms with E-state index in [-0.39, 0.29) is 5.91 Å². The molecule has 1 aliphatic rings. The second kappa shape index (κ2) is 7.42. The summed E-state index contributed by atoms with van der Waals surface area (Å²) in [5.41, 5.74) is 1.36. The van der Waals surface area contributed by atoms with E-state index in [1.54, 1.807) is 18.5 Å². The van der Waals surface area contributed by atoms with E-state index in [0.717, 1.165) is 49.5 Å². The predicted octanol–water partition coefficient (Wildman–Crippen LogP) is 2.16. The van der Waals surface area contributed by atoms with Crippen molar-refractivity contribution in [1.82, 2.24) is 20.0 Å². The number of anilines is 1. The van der Waals surface area contributed by atoms with E-state index in [4.69, 9.17) is 4.52 Å². The molecule has 128 valence electrons. The monoisotopic (exact) mass is 329 g/mol. The van der Waals surface area contributed by atoms with Crippen LogP contribution < -0.4 is 5.32 Å². The van der Waals surface area contributed by atoms with Crippen molar-refractivity contribution in [3.63, 3.8) is 0 Å². The molecule has 3 heterocycles. The minimum absolute atomic E-state index is 0.0452. The molecule has 1 fully saturated rings. The van der Waals surface area contributed by atoms with E-state index in [1.165, 1.54) is 0 Å². The topological polar surface area (TPSA) is 84.2 Å². The number of hydrogen-bond donors (Lipinski definition) is 1. The highest BCUT2D eigenvalue weighted by molar-refractivity contribution is 5.92. The van der Waals surface area contributed by atoms with Crippen LogP contribution in [0.4, 0.5) is 5.82 Å². The van der Waals surface area contributed by atoms with Crippen LogP contribution in [0.15, 0.2) is 23.0 Å². The molecular weight excluding hydrogens is 306 g/mol. The van der Waals surface area contributed by atoms with Crippen molar-refractivity contribution in [3.8, 4) is 0 Å². The molecule has 2 aromatic rings. The van der Waals surface area contributed by atoms with Crippen LogP contribution in [0.5, 0.6) is 0 Å². The molecule has 1 unspecified atom stereocenters. The first-order valence-corrected chi connectivity index (χ1v) is 8.43. The van der Waals surface area contributed by atoms with Gasteiger partial charge in [-0.05, 0) is 25.2 Å². The SMILES string of the molecule is CCc1cc(C(=O)N2CCCC(Cc3nccnc3NC)C2)no1. The second-order valence-electron chi connectivity index (χ2n) is 6.10. The van der Waals surface area contributed by atoms with E-state index in [1.807, 2.05) is 18.9 Å². The van der Waals surface area contributed by atoms with E-state index in [9.17, 15) is 4.79 Å². The largest absolute Gasteiger partial charge is 0.372 e. The lowest BCUT2D eigenvalue weighted by molar-refractivity contribution is 0.0662. The van der Waals surface area contributed by atoms with Gasteiger partial charge in [0, 0.05) is 45.0 Å². The van der Waals surface area contributed by atoms with Gasteiger partial charge < -0.3 is 14.7 Å². The van der Waals surface area contributed by atoms with E-state index >= 15 is 0 Å². The fourth-order valence-electron chi connectivity index (χ4n) is 3.16. The third-order valence-corrected chi connectivity index (χ3v) is 4.43. The van der Waals surface area contributed by atoms with Gasteiger partial charge in [0.25, 0.3) is 5.91 Å². The number of nitrogens with one attached hydrogen (secondary N) is 1. The van der Waals surface area contributed by atoms with Crippen LogP contribution in [0.1, 0.15) is 41.7 Å². The summed E-state index contributed by atoms with van der Waals surface area (Å²) in [4.78, 5) is 23.2. The van der Waals surface area contributed by atoms with Gasteiger partial charge in [0.15, 0.2) is 5.69 Å². The number of piperidine rings is 1. The van der Waals surface area contributed by atoms with Gasteiger partial charge in [0.05, 0.1) is 5.69 Å². The third-order valence-electron chi connectivity index (χ3n) is 4.43. The standard InChI is InChI=1S/C17H23N5O2/c1-3-13-10-15(21-24-13)17(23)22-8-4-5-12(11-22)9-14-16(18-2)20-7-6-19-14/h6-7,10,12H,3-5,8-9,11H2,1-2H3,(H,18,20). The van der Waals surface area contributed by atoms with E-state index in [2.05, 4.69) is 20.4 Å². The lowest BCUT2D eigenvalue weighted by Crippen LogP contribution is -2.40. The maximum atomic E-state index is 12.6. The van der Waals surface area contributed by atoms with Crippen molar-refractivity contribution >= 4 is 11.7 Å². The van der Waals surface area contributed by atoms with E-state index < -0.39 is 0 Å². The first-order chi connectivity index (χ1) is 11.7.